The van der Waals surface area contributed by atoms with Gasteiger partial charge in [0.2, 0.25) is 0 Å². The number of nitriles is 1. The van der Waals surface area contributed by atoms with Gasteiger partial charge in [-0.3, -0.25) is 0 Å². The van der Waals surface area contributed by atoms with E-state index in [1.165, 1.54) is 0 Å². The molecule has 0 heterocycles. The monoisotopic (exact) mass is 279 g/mol. The van der Waals surface area contributed by atoms with Crippen LogP contribution in [0.15, 0.2) is 42.5 Å². The molecule has 0 atom stereocenters. The third-order valence-corrected chi connectivity index (χ3v) is 3.17. The molecule has 0 aromatic heterocycles. The van der Waals surface area contributed by atoms with Crippen molar-refractivity contribution in [2.24, 2.45) is 0 Å². The van der Waals surface area contributed by atoms with Gasteiger partial charge in [0.25, 0.3) is 0 Å². The average molecular weight is 279 g/mol. The Hall–Kier alpha value is -2.73. The Kier molecular flexibility index (Phi) is 4.63. The molecule has 0 radical (unpaired) electrons. The lowest BCUT2D eigenvalue weighted by Crippen LogP contribution is -1.92. The third kappa shape index (κ3) is 3.43. The zero-order valence-corrected chi connectivity index (χ0v) is 12.4. The first-order chi connectivity index (χ1) is 10.2. The van der Waals surface area contributed by atoms with Gasteiger partial charge in [-0.1, -0.05) is 29.8 Å². The fourth-order valence-corrected chi connectivity index (χ4v) is 2.11. The zero-order chi connectivity index (χ0) is 15.2. The lowest BCUT2D eigenvalue weighted by atomic mass is 10.0. The number of benzene rings is 2. The van der Waals surface area contributed by atoms with Crippen molar-refractivity contribution in [1.29, 1.82) is 5.26 Å². The van der Waals surface area contributed by atoms with Crippen molar-refractivity contribution >= 4 is 11.6 Å². The van der Waals surface area contributed by atoms with Gasteiger partial charge in [-0.05, 0) is 42.3 Å². The molecule has 2 aromatic rings. The van der Waals surface area contributed by atoms with Gasteiger partial charge in [0.1, 0.15) is 0 Å². The van der Waals surface area contributed by atoms with Crippen LogP contribution < -0.4 is 9.47 Å². The highest BCUT2D eigenvalue weighted by atomic mass is 16.5. The van der Waals surface area contributed by atoms with Crippen LogP contribution >= 0.6 is 0 Å². The third-order valence-electron chi connectivity index (χ3n) is 3.17. The summed E-state index contributed by atoms with van der Waals surface area (Å²) in [7, 11) is 3.17. The van der Waals surface area contributed by atoms with Crippen LogP contribution in [0, 0.1) is 18.3 Å². The Morgan fingerprint density at radius 2 is 1.81 bits per heavy atom. The van der Waals surface area contributed by atoms with E-state index in [1.54, 1.807) is 20.3 Å². The Morgan fingerprint density at radius 3 is 2.43 bits per heavy atom. The normalized spacial score (nSPS) is 10.9. The molecule has 0 N–H and O–H groups in total. The first kappa shape index (κ1) is 14.7. The molecule has 3 heteroatoms. The first-order valence-electron chi connectivity index (χ1n) is 6.59. The van der Waals surface area contributed by atoms with Crippen molar-refractivity contribution in [2.75, 3.05) is 14.2 Å². The van der Waals surface area contributed by atoms with Gasteiger partial charge in [-0.25, -0.2) is 0 Å². The van der Waals surface area contributed by atoms with E-state index in [0.717, 1.165) is 16.7 Å². The molecule has 0 amide bonds. The molecule has 3 nitrogen and oxygen atoms in total. The number of rotatable bonds is 4. The first-order valence-corrected chi connectivity index (χ1v) is 6.59. The summed E-state index contributed by atoms with van der Waals surface area (Å²) in [5.41, 5.74) is 3.55. The fourth-order valence-electron chi connectivity index (χ4n) is 2.11. The predicted octanol–water partition coefficient (Wildman–Crippen LogP) is 4.08. The molecule has 0 saturated carbocycles. The molecule has 21 heavy (non-hydrogen) atoms. The number of aryl methyl sites for hydroxylation is 1. The number of nitrogens with zero attached hydrogens (tertiary/aromatic N) is 1. The number of ether oxygens (including phenoxy) is 2. The highest BCUT2D eigenvalue weighted by Gasteiger charge is 2.08. The van der Waals surface area contributed by atoms with Crippen LogP contribution in [0.3, 0.4) is 0 Å². The average Bonchev–Trinajstić information content (AvgIpc) is 2.52. The number of hydrogen-bond donors (Lipinski definition) is 0. The molecule has 0 aliphatic carbocycles. The van der Waals surface area contributed by atoms with Crippen molar-refractivity contribution < 1.29 is 9.47 Å². The van der Waals surface area contributed by atoms with Gasteiger partial charge >= 0.3 is 0 Å². The van der Waals surface area contributed by atoms with E-state index in [0.29, 0.717) is 17.1 Å². The summed E-state index contributed by atoms with van der Waals surface area (Å²) in [4.78, 5) is 0. The quantitative estimate of drug-likeness (QED) is 0.625. The minimum Gasteiger partial charge on any atom is -0.493 e. The molecular weight excluding hydrogens is 262 g/mol. The van der Waals surface area contributed by atoms with Crippen LogP contribution in [0.1, 0.15) is 16.7 Å². The molecule has 106 valence electrons. The highest BCUT2D eigenvalue weighted by molar-refractivity contribution is 5.90. The molecule has 0 bridgehead atoms. The van der Waals surface area contributed by atoms with E-state index < -0.39 is 0 Å². The Bertz CT molecular complexity index is 711. The SMILES string of the molecule is COc1ccc(/C(C#N)=C/c2cccc(C)c2)cc1OC. The predicted molar refractivity (Wildman–Crippen MR) is 84.2 cm³/mol. The molecule has 0 fully saturated rings. The van der Waals surface area contributed by atoms with E-state index in [4.69, 9.17) is 9.47 Å². The number of allylic oxidation sites excluding steroid dienone is 1. The highest BCUT2D eigenvalue weighted by Crippen LogP contribution is 2.30. The number of hydrogen-bond acceptors (Lipinski definition) is 3. The zero-order valence-electron chi connectivity index (χ0n) is 12.4. The van der Waals surface area contributed by atoms with Crippen LogP contribution in [-0.4, -0.2) is 14.2 Å². The van der Waals surface area contributed by atoms with Gasteiger partial charge in [-0.15, -0.1) is 0 Å². The van der Waals surface area contributed by atoms with Crippen LogP contribution in [-0.2, 0) is 0 Å². The molecule has 0 saturated heterocycles. The molecule has 2 aromatic carbocycles. The van der Waals surface area contributed by atoms with Crippen molar-refractivity contribution in [3.63, 3.8) is 0 Å². The molecule has 2 rings (SSSR count). The van der Waals surface area contributed by atoms with E-state index in [2.05, 4.69) is 6.07 Å². The van der Waals surface area contributed by atoms with Gasteiger partial charge in [0.05, 0.1) is 25.9 Å². The van der Waals surface area contributed by atoms with Crippen molar-refractivity contribution in [3.8, 4) is 17.6 Å². The Labute approximate surface area is 125 Å². The number of methoxy groups -OCH3 is 2. The topological polar surface area (TPSA) is 42.2 Å². The van der Waals surface area contributed by atoms with Gasteiger partial charge < -0.3 is 9.47 Å². The largest absolute Gasteiger partial charge is 0.493 e. The summed E-state index contributed by atoms with van der Waals surface area (Å²) in [5, 5.41) is 9.41. The summed E-state index contributed by atoms with van der Waals surface area (Å²) >= 11 is 0. The summed E-state index contributed by atoms with van der Waals surface area (Å²) < 4.78 is 10.5. The maximum atomic E-state index is 9.41. The molecule has 0 unspecified atom stereocenters. The van der Waals surface area contributed by atoms with Crippen LogP contribution in [0.25, 0.3) is 11.6 Å². The molecule has 0 aliphatic rings. The van der Waals surface area contributed by atoms with Crippen LogP contribution in [0.2, 0.25) is 0 Å². The van der Waals surface area contributed by atoms with Crippen molar-refractivity contribution in [2.45, 2.75) is 6.92 Å². The maximum absolute atomic E-state index is 9.41. The van der Waals surface area contributed by atoms with Crippen molar-refractivity contribution in [1.82, 2.24) is 0 Å². The van der Waals surface area contributed by atoms with Crippen LogP contribution in [0.4, 0.5) is 0 Å². The van der Waals surface area contributed by atoms with Gasteiger partial charge in [0, 0.05) is 0 Å². The second-order valence-corrected chi connectivity index (χ2v) is 4.65. The lowest BCUT2D eigenvalue weighted by Gasteiger charge is -2.09. The Balaban J connectivity index is 2.45. The van der Waals surface area contributed by atoms with Crippen LogP contribution in [0.5, 0.6) is 11.5 Å². The standard InChI is InChI=1S/C18H17NO2/c1-13-5-4-6-14(9-13)10-16(12-19)15-7-8-17(20-2)18(11-15)21-3/h4-11H,1-3H3/b16-10+. The molecular formula is C18H17NO2. The fraction of sp³-hybridized carbons (Fsp3) is 0.167. The second kappa shape index (κ2) is 6.62. The Morgan fingerprint density at radius 1 is 1.05 bits per heavy atom. The van der Waals surface area contributed by atoms with E-state index in [-0.39, 0.29) is 0 Å². The smallest absolute Gasteiger partial charge is 0.161 e. The minimum absolute atomic E-state index is 0.585. The summed E-state index contributed by atoms with van der Waals surface area (Å²) in [6, 6.07) is 15.7. The van der Waals surface area contributed by atoms with E-state index in [1.807, 2.05) is 49.4 Å². The summed E-state index contributed by atoms with van der Waals surface area (Å²) in [6.45, 7) is 2.03. The van der Waals surface area contributed by atoms with Gasteiger partial charge in [-0.2, -0.15) is 5.26 Å². The second-order valence-electron chi connectivity index (χ2n) is 4.65. The maximum Gasteiger partial charge on any atom is 0.161 e. The van der Waals surface area contributed by atoms with Crippen molar-refractivity contribution in [3.05, 3.63) is 59.2 Å². The summed E-state index contributed by atoms with van der Waals surface area (Å²) in [5.74, 6) is 1.26. The minimum atomic E-state index is 0.585. The molecule has 0 aliphatic heterocycles. The van der Waals surface area contributed by atoms with E-state index in [9.17, 15) is 5.26 Å². The molecule has 0 spiro atoms. The summed E-state index contributed by atoms with van der Waals surface area (Å²) in [6.07, 6.45) is 1.87. The van der Waals surface area contributed by atoms with Gasteiger partial charge in [0.15, 0.2) is 11.5 Å². The lowest BCUT2D eigenvalue weighted by molar-refractivity contribution is 0.355. The van der Waals surface area contributed by atoms with E-state index >= 15 is 0 Å².